The summed E-state index contributed by atoms with van der Waals surface area (Å²) in [6.07, 6.45) is 3.73. The Balaban J connectivity index is 2.04. The van der Waals surface area contributed by atoms with Crippen LogP contribution in [0.2, 0.25) is 10.0 Å². The van der Waals surface area contributed by atoms with Crippen molar-refractivity contribution in [1.82, 2.24) is 9.97 Å². The van der Waals surface area contributed by atoms with E-state index < -0.39 is 0 Å². The van der Waals surface area contributed by atoms with Crippen molar-refractivity contribution in [3.63, 3.8) is 0 Å². The zero-order valence-electron chi connectivity index (χ0n) is 13.9. The largest absolute Gasteiger partial charge is 0.502 e. The first-order valence-electron chi connectivity index (χ1n) is 8.30. The third kappa shape index (κ3) is 2.49. The van der Waals surface area contributed by atoms with Gasteiger partial charge in [-0.15, -0.1) is 0 Å². The summed E-state index contributed by atoms with van der Waals surface area (Å²) in [5.41, 5.74) is 3.12. The highest BCUT2D eigenvalue weighted by atomic mass is 35.5. The number of pyridine rings is 1. The molecule has 5 aromatic rings. The van der Waals surface area contributed by atoms with Crippen LogP contribution < -0.4 is 4.57 Å². The highest BCUT2D eigenvalue weighted by Crippen LogP contribution is 2.37. The fraction of sp³-hybridized carbons (Fsp3) is 0. The number of hydrogen-bond donors (Lipinski definition) is 1. The molecule has 0 bridgehead atoms. The van der Waals surface area contributed by atoms with Crippen LogP contribution in [0, 0.1) is 0 Å². The molecule has 0 amide bonds. The van der Waals surface area contributed by atoms with Crippen molar-refractivity contribution in [2.75, 3.05) is 0 Å². The van der Waals surface area contributed by atoms with E-state index in [1.165, 1.54) is 0 Å². The van der Waals surface area contributed by atoms with Gasteiger partial charge in [0.05, 0.1) is 21.1 Å². The van der Waals surface area contributed by atoms with Gasteiger partial charge in [0.15, 0.2) is 23.7 Å². The lowest BCUT2D eigenvalue weighted by atomic mass is 10.0. The molecule has 0 atom stereocenters. The number of halogens is 2. The molecule has 27 heavy (non-hydrogen) atoms. The normalized spacial score (nSPS) is 11.5. The van der Waals surface area contributed by atoms with Crippen molar-refractivity contribution in [1.29, 1.82) is 0 Å². The predicted molar refractivity (Wildman–Crippen MR) is 108 cm³/mol. The van der Waals surface area contributed by atoms with E-state index in [-0.39, 0.29) is 5.75 Å². The van der Waals surface area contributed by atoms with Gasteiger partial charge in [-0.2, -0.15) is 4.57 Å². The van der Waals surface area contributed by atoms with Gasteiger partial charge in [-0.1, -0.05) is 53.5 Å². The Kier molecular flexibility index (Phi) is 3.64. The minimum absolute atomic E-state index is 0.156. The van der Waals surface area contributed by atoms with Gasteiger partial charge in [0.25, 0.3) is 5.69 Å². The van der Waals surface area contributed by atoms with Gasteiger partial charge in [-0.3, -0.25) is 0 Å². The standard InChI is InChI=1S/C21H11Cl2N3O/c22-14-10-16-17(11-15(14)23)25-19-18(24-16)12-6-2-3-7-13(12)21(27)20(19)26-8-4-1-5-9-26/h1-11H/p+1. The number of hydrogen-bond acceptors (Lipinski definition) is 3. The zero-order valence-corrected chi connectivity index (χ0v) is 15.4. The van der Waals surface area contributed by atoms with Crippen molar-refractivity contribution < 1.29 is 9.67 Å². The Labute approximate surface area is 164 Å². The van der Waals surface area contributed by atoms with Crippen molar-refractivity contribution in [3.8, 4) is 11.4 Å². The fourth-order valence-corrected chi connectivity index (χ4v) is 3.65. The first-order valence-corrected chi connectivity index (χ1v) is 9.06. The van der Waals surface area contributed by atoms with Crippen LogP contribution in [-0.2, 0) is 0 Å². The highest BCUT2D eigenvalue weighted by Gasteiger charge is 2.24. The van der Waals surface area contributed by atoms with Gasteiger partial charge in [0, 0.05) is 22.9 Å². The minimum atomic E-state index is 0.156. The number of nitrogens with zero attached hydrogens (tertiary/aromatic N) is 3. The molecule has 130 valence electrons. The summed E-state index contributed by atoms with van der Waals surface area (Å²) >= 11 is 12.3. The molecule has 3 aromatic carbocycles. The average molecular weight is 393 g/mol. The molecule has 6 heteroatoms. The third-order valence-electron chi connectivity index (χ3n) is 4.57. The van der Waals surface area contributed by atoms with Crippen molar-refractivity contribution in [2.24, 2.45) is 0 Å². The fourth-order valence-electron chi connectivity index (χ4n) is 3.33. The van der Waals surface area contributed by atoms with E-state index in [9.17, 15) is 5.11 Å². The van der Waals surface area contributed by atoms with Crippen LogP contribution >= 0.6 is 23.2 Å². The smallest absolute Gasteiger partial charge is 0.281 e. The molecule has 0 spiro atoms. The highest BCUT2D eigenvalue weighted by molar-refractivity contribution is 6.42. The molecule has 5 rings (SSSR count). The molecule has 4 nitrogen and oxygen atoms in total. The summed E-state index contributed by atoms with van der Waals surface area (Å²) in [4.78, 5) is 9.59. The van der Waals surface area contributed by atoms with E-state index in [0.717, 1.165) is 5.39 Å². The second-order valence-corrected chi connectivity index (χ2v) is 7.02. The SMILES string of the molecule is Oc1c(-[n+]2ccccc2)c2nc3cc(Cl)c(Cl)cc3nc2c2ccccc12. The number of benzene rings is 3. The van der Waals surface area contributed by atoms with E-state index in [0.29, 0.717) is 43.2 Å². The Morgan fingerprint density at radius 1 is 0.741 bits per heavy atom. The summed E-state index contributed by atoms with van der Waals surface area (Å²) < 4.78 is 1.84. The molecule has 2 heterocycles. The molecular weight excluding hydrogens is 381 g/mol. The molecule has 0 fully saturated rings. The minimum Gasteiger partial charge on any atom is -0.502 e. The van der Waals surface area contributed by atoms with Gasteiger partial charge >= 0.3 is 0 Å². The van der Waals surface area contributed by atoms with Crippen LogP contribution in [0.25, 0.3) is 38.5 Å². The van der Waals surface area contributed by atoms with Gasteiger partial charge in [0.2, 0.25) is 0 Å². The number of rotatable bonds is 1. The molecule has 0 saturated carbocycles. The molecule has 0 aliphatic carbocycles. The van der Waals surface area contributed by atoms with E-state index >= 15 is 0 Å². The summed E-state index contributed by atoms with van der Waals surface area (Å²) in [7, 11) is 0. The Bertz CT molecular complexity index is 1350. The lowest BCUT2D eigenvalue weighted by Gasteiger charge is -2.10. The third-order valence-corrected chi connectivity index (χ3v) is 5.29. The first-order chi connectivity index (χ1) is 13.1. The van der Waals surface area contributed by atoms with Crippen LogP contribution in [0.3, 0.4) is 0 Å². The Morgan fingerprint density at radius 2 is 1.33 bits per heavy atom. The van der Waals surface area contributed by atoms with Crippen LogP contribution in [0.15, 0.2) is 67.0 Å². The maximum Gasteiger partial charge on any atom is 0.281 e. The number of aromatic nitrogens is 3. The maximum atomic E-state index is 11.0. The summed E-state index contributed by atoms with van der Waals surface area (Å²) in [5.74, 6) is 0.156. The number of aromatic hydroxyl groups is 1. The maximum absolute atomic E-state index is 11.0. The lowest BCUT2D eigenvalue weighted by Crippen LogP contribution is -2.29. The van der Waals surface area contributed by atoms with Gasteiger partial charge in [-0.05, 0) is 12.1 Å². The summed E-state index contributed by atoms with van der Waals surface area (Å²) in [6.45, 7) is 0. The van der Waals surface area contributed by atoms with E-state index in [1.54, 1.807) is 12.1 Å². The quantitative estimate of drug-likeness (QED) is 0.241. The van der Waals surface area contributed by atoms with Crippen molar-refractivity contribution in [2.45, 2.75) is 0 Å². The van der Waals surface area contributed by atoms with Crippen LogP contribution in [0.5, 0.6) is 5.75 Å². The summed E-state index contributed by atoms with van der Waals surface area (Å²) in [5, 5.41) is 13.4. The molecular formula is C21H12Cl2N3O+. The first kappa shape index (κ1) is 16.2. The molecule has 0 aliphatic heterocycles. The van der Waals surface area contributed by atoms with Gasteiger partial charge in [-0.25, -0.2) is 9.97 Å². The number of phenolic OH excluding ortho intramolecular Hbond substituents is 1. The van der Waals surface area contributed by atoms with Gasteiger partial charge in [0.1, 0.15) is 5.52 Å². The van der Waals surface area contributed by atoms with Crippen LogP contribution in [-0.4, -0.2) is 15.1 Å². The number of fused-ring (bicyclic) bond motifs is 4. The molecule has 0 aliphatic rings. The molecule has 1 N–H and O–H groups in total. The molecule has 2 aromatic heterocycles. The van der Waals surface area contributed by atoms with Gasteiger partial charge < -0.3 is 5.11 Å². The predicted octanol–water partition coefficient (Wildman–Crippen LogP) is 5.23. The summed E-state index contributed by atoms with van der Waals surface area (Å²) in [6, 6.07) is 16.7. The second-order valence-electron chi connectivity index (χ2n) is 6.20. The zero-order chi connectivity index (χ0) is 18.5. The van der Waals surface area contributed by atoms with E-state index in [4.69, 9.17) is 33.2 Å². The number of phenols is 1. The van der Waals surface area contributed by atoms with E-state index in [1.807, 2.05) is 59.4 Å². The molecule has 0 radical (unpaired) electrons. The molecule has 0 unspecified atom stereocenters. The second kappa shape index (κ2) is 6.05. The topological polar surface area (TPSA) is 49.9 Å². The Morgan fingerprint density at radius 3 is 2.00 bits per heavy atom. The van der Waals surface area contributed by atoms with Crippen molar-refractivity contribution >= 4 is 56.0 Å². The van der Waals surface area contributed by atoms with Crippen molar-refractivity contribution in [3.05, 3.63) is 77.0 Å². The Hall–Kier alpha value is -2.95. The monoisotopic (exact) mass is 392 g/mol. The lowest BCUT2D eigenvalue weighted by molar-refractivity contribution is -0.594. The van der Waals surface area contributed by atoms with Crippen LogP contribution in [0.1, 0.15) is 0 Å². The van der Waals surface area contributed by atoms with Crippen LogP contribution in [0.4, 0.5) is 0 Å². The molecule has 0 saturated heterocycles. The van der Waals surface area contributed by atoms with E-state index in [2.05, 4.69) is 0 Å². The average Bonchev–Trinajstić information content (AvgIpc) is 2.69.